The van der Waals surface area contributed by atoms with Gasteiger partial charge in [0.15, 0.2) is 0 Å². The first-order valence-electron chi connectivity index (χ1n) is 9.06. The minimum atomic E-state index is -0.229. The lowest BCUT2D eigenvalue weighted by atomic mass is 9.85. The zero-order chi connectivity index (χ0) is 18.4. The molecule has 0 spiro atoms. The first-order valence-corrected chi connectivity index (χ1v) is 9.85. The number of hydrogen-bond acceptors (Lipinski definition) is 4. The number of nitrogens with zero attached hydrogens (tertiary/aromatic N) is 2. The molecule has 5 nitrogen and oxygen atoms in total. The van der Waals surface area contributed by atoms with Gasteiger partial charge in [0.2, 0.25) is 0 Å². The molecule has 2 fully saturated rings. The van der Waals surface area contributed by atoms with E-state index in [2.05, 4.69) is 40.1 Å². The predicted octanol–water partition coefficient (Wildman–Crippen LogP) is 3.77. The van der Waals surface area contributed by atoms with E-state index in [1.54, 1.807) is 6.21 Å². The number of fused-ring (bicyclic) bond motifs is 5. The SMILES string of the molecule is CC[C@@H](C)Oc1ccc(Br)cc1C=NN1C(=O)[C@@H]2[C@H](C1=O)[C@H]1C=C[C@H]2C1. The molecule has 6 heteroatoms. The third-order valence-electron chi connectivity index (χ3n) is 5.63. The van der Waals surface area contributed by atoms with Crippen LogP contribution in [0.2, 0.25) is 0 Å². The molecule has 0 N–H and O–H groups in total. The quantitative estimate of drug-likeness (QED) is 0.417. The second-order valence-corrected chi connectivity index (χ2v) is 8.17. The van der Waals surface area contributed by atoms with Gasteiger partial charge in [-0.25, -0.2) is 0 Å². The lowest BCUT2D eigenvalue weighted by molar-refractivity contribution is -0.140. The Morgan fingerprint density at radius 1 is 1.27 bits per heavy atom. The number of hydrogen-bond donors (Lipinski definition) is 0. The molecule has 5 atom stereocenters. The van der Waals surface area contributed by atoms with Crippen LogP contribution in [0.25, 0.3) is 0 Å². The summed E-state index contributed by atoms with van der Waals surface area (Å²) in [4.78, 5) is 25.4. The predicted molar refractivity (Wildman–Crippen MR) is 102 cm³/mol. The van der Waals surface area contributed by atoms with Crippen molar-refractivity contribution in [2.24, 2.45) is 28.8 Å². The van der Waals surface area contributed by atoms with E-state index in [0.717, 1.165) is 27.9 Å². The Kier molecular flexibility index (Phi) is 4.47. The average molecular weight is 417 g/mol. The molecule has 1 aromatic rings. The number of carbonyl (C=O) groups excluding carboxylic acids is 2. The first kappa shape index (κ1) is 17.5. The van der Waals surface area contributed by atoms with E-state index in [4.69, 9.17) is 4.74 Å². The van der Waals surface area contributed by atoms with E-state index in [1.165, 1.54) is 0 Å². The number of halogens is 1. The van der Waals surface area contributed by atoms with Gasteiger partial charge < -0.3 is 4.74 Å². The van der Waals surface area contributed by atoms with Crippen molar-refractivity contribution < 1.29 is 14.3 Å². The fraction of sp³-hybridized carbons (Fsp3) is 0.450. The minimum absolute atomic E-state index is 0.0689. The summed E-state index contributed by atoms with van der Waals surface area (Å²) in [6.07, 6.45) is 7.58. The van der Waals surface area contributed by atoms with Crippen molar-refractivity contribution >= 4 is 34.0 Å². The smallest absolute Gasteiger partial charge is 0.254 e. The van der Waals surface area contributed by atoms with Gasteiger partial charge in [-0.2, -0.15) is 10.1 Å². The van der Waals surface area contributed by atoms with Gasteiger partial charge >= 0.3 is 0 Å². The number of benzene rings is 1. The van der Waals surface area contributed by atoms with Crippen LogP contribution in [-0.4, -0.2) is 29.1 Å². The summed E-state index contributed by atoms with van der Waals surface area (Å²) in [5.74, 6) is 0.266. The Hall–Kier alpha value is -1.95. The molecule has 2 amide bonds. The van der Waals surface area contributed by atoms with Gasteiger partial charge in [-0.05, 0) is 49.8 Å². The molecule has 1 aliphatic heterocycles. The number of hydrazone groups is 1. The number of allylic oxidation sites excluding steroid dienone is 2. The number of ether oxygens (including phenoxy) is 1. The highest BCUT2D eigenvalue weighted by Gasteiger charge is 2.59. The standard InChI is InChI=1S/C20H21BrN2O3/c1-3-11(2)26-16-7-6-15(21)9-14(16)10-22-23-19(24)17-12-4-5-13(8-12)18(17)20(23)25/h4-7,9-13,17-18H,3,8H2,1-2H3/t11-,12+,13+,17-,18+/m1/s1. The Labute approximate surface area is 161 Å². The Morgan fingerprint density at radius 3 is 2.54 bits per heavy atom. The molecule has 2 aliphatic carbocycles. The summed E-state index contributed by atoms with van der Waals surface area (Å²) in [7, 11) is 0. The normalized spacial score (nSPS) is 30.5. The van der Waals surface area contributed by atoms with Gasteiger partial charge in [-0.3, -0.25) is 9.59 Å². The van der Waals surface area contributed by atoms with E-state index >= 15 is 0 Å². The molecular formula is C20H21BrN2O3. The van der Waals surface area contributed by atoms with Crippen molar-refractivity contribution in [3.05, 3.63) is 40.4 Å². The van der Waals surface area contributed by atoms with Crippen LogP contribution in [0.4, 0.5) is 0 Å². The molecular weight excluding hydrogens is 396 g/mol. The van der Waals surface area contributed by atoms with Gasteiger partial charge in [0.05, 0.1) is 24.2 Å². The molecule has 1 aromatic carbocycles. The molecule has 0 aromatic heterocycles. The molecule has 26 heavy (non-hydrogen) atoms. The van der Waals surface area contributed by atoms with Gasteiger partial charge in [0, 0.05) is 10.0 Å². The minimum Gasteiger partial charge on any atom is -0.490 e. The molecule has 1 heterocycles. The van der Waals surface area contributed by atoms with Gasteiger partial charge in [-0.15, -0.1) is 0 Å². The summed E-state index contributed by atoms with van der Waals surface area (Å²) in [6.45, 7) is 4.06. The summed E-state index contributed by atoms with van der Waals surface area (Å²) in [6, 6.07) is 5.64. The highest BCUT2D eigenvalue weighted by atomic mass is 79.9. The largest absolute Gasteiger partial charge is 0.490 e. The monoisotopic (exact) mass is 416 g/mol. The molecule has 136 valence electrons. The van der Waals surface area contributed by atoms with Crippen molar-refractivity contribution in [1.82, 2.24) is 5.01 Å². The van der Waals surface area contributed by atoms with E-state index < -0.39 is 0 Å². The van der Waals surface area contributed by atoms with Crippen LogP contribution in [0.15, 0.2) is 39.9 Å². The van der Waals surface area contributed by atoms with Gasteiger partial charge in [0.25, 0.3) is 11.8 Å². The Balaban J connectivity index is 1.58. The molecule has 0 unspecified atom stereocenters. The van der Waals surface area contributed by atoms with Gasteiger partial charge in [0.1, 0.15) is 5.75 Å². The summed E-state index contributed by atoms with van der Waals surface area (Å²) in [5.41, 5.74) is 0.735. The van der Waals surface area contributed by atoms with Gasteiger partial charge in [-0.1, -0.05) is 35.0 Å². The van der Waals surface area contributed by atoms with Crippen molar-refractivity contribution in [3.8, 4) is 5.75 Å². The van der Waals surface area contributed by atoms with E-state index in [1.807, 2.05) is 25.1 Å². The highest BCUT2D eigenvalue weighted by Crippen LogP contribution is 2.52. The molecule has 3 aliphatic rings. The number of imide groups is 1. The molecule has 2 bridgehead atoms. The van der Waals surface area contributed by atoms with Crippen LogP contribution in [0.3, 0.4) is 0 Å². The fourth-order valence-electron chi connectivity index (χ4n) is 4.15. The first-order chi connectivity index (χ1) is 12.5. The Morgan fingerprint density at radius 2 is 1.92 bits per heavy atom. The summed E-state index contributed by atoms with van der Waals surface area (Å²) >= 11 is 3.45. The second-order valence-electron chi connectivity index (χ2n) is 7.25. The number of rotatable bonds is 5. The molecule has 1 saturated heterocycles. The fourth-order valence-corrected chi connectivity index (χ4v) is 4.53. The topological polar surface area (TPSA) is 59.0 Å². The zero-order valence-corrected chi connectivity index (χ0v) is 16.3. The van der Waals surface area contributed by atoms with Crippen molar-refractivity contribution in [3.63, 3.8) is 0 Å². The third-order valence-corrected chi connectivity index (χ3v) is 6.13. The van der Waals surface area contributed by atoms with Crippen LogP contribution in [0.1, 0.15) is 32.3 Å². The lowest BCUT2D eigenvalue weighted by Gasteiger charge is -2.15. The van der Waals surface area contributed by atoms with Crippen molar-refractivity contribution in [1.29, 1.82) is 0 Å². The molecule has 4 rings (SSSR count). The second kappa shape index (κ2) is 6.65. The van der Waals surface area contributed by atoms with E-state index in [9.17, 15) is 9.59 Å². The third kappa shape index (κ3) is 2.80. The number of carbonyl (C=O) groups is 2. The lowest BCUT2D eigenvalue weighted by Crippen LogP contribution is -2.28. The van der Waals surface area contributed by atoms with Crippen LogP contribution in [-0.2, 0) is 9.59 Å². The highest BCUT2D eigenvalue weighted by molar-refractivity contribution is 9.10. The average Bonchev–Trinajstić information content (AvgIpc) is 3.30. The van der Waals surface area contributed by atoms with Crippen LogP contribution < -0.4 is 4.74 Å². The van der Waals surface area contributed by atoms with Crippen molar-refractivity contribution in [2.75, 3.05) is 0 Å². The number of amides is 2. The van der Waals surface area contributed by atoms with E-state index in [0.29, 0.717) is 5.75 Å². The maximum absolute atomic E-state index is 12.7. The summed E-state index contributed by atoms with van der Waals surface area (Å²) in [5, 5.41) is 5.32. The van der Waals surface area contributed by atoms with E-state index in [-0.39, 0.29) is 41.6 Å². The van der Waals surface area contributed by atoms with Crippen LogP contribution >= 0.6 is 15.9 Å². The van der Waals surface area contributed by atoms with Crippen LogP contribution in [0.5, 0.6) is 5.75 Å². The zero-order valence-electron chi connectivity index (χ0n) is 14.8. The van der Waals surface area contributed by atoms with Crippen LogP contribution in [0, 0.1) is 23.7 Å². The molecule has 1 saturated carbocycles. The maximum Gasteiger partial charge on any atom is 0.254 e. The summed E-state index contributed by atoms with van der Waals surface area (Å²) < 4.78 is 6.81. The Bertz CT molecular complexity index is 789. The molecule has 0 radical (unpaired) electrons. The maximum atomic E-state index is 12.7. The van der Waals surface area contributed by atoms with Crippen molar-refractivity contribution in [2.45, 2.75) is 32.8 Å².